The lowest BCUT2D eigenvalue weighted by molar-refractivity contribution is -0.151. The molecule has 1 aliphatic rings. The van der Waals surface area contributed by atoms with Gasteiger partial charge in [0.05, 0.1) is 5.41 Å². The van der Waals surface area contributed by atoms with E-state index >= 15 is 0 Å². The van der Waals surface area contributed by atoms with Crippen molar-refractivity contribution in [3.8, 4) is 0 Å². The third-order valence-electron chi connectivity index (χ3n) is 3.45. The van der Waals surface area contributed by atoms with Crippen LogP contribution in [0.1, 0.15) is 33.6 Å². The molecule has 1 saturated heterocycles. The van der Waals surface area contributed by atoms with Crippen LogP contribution in [0.2, 0.25) is 0 Å². The quantitative estimate of drug-likeness (QED) is 0.751. The molecule has 1 heterocycles. The van der Waals surface area contributed by atoms with Crippen LogP contribution in [0, 0.1) is 11.3 Å². The molecule has 0 aromatic carbocycles. The summed E-state index contributed by atoms with van der Waals surface area (Å²) >= 11 is 0. The number of hydrogen-bond donors (Lipinski definition) is 1. The Bertz CT molecular complexity index is 215. The predicted octanol–water partition coefficient (Wildman–Crippen LogP) is 1.83. The summed E-state index contributed by atoms with van der Waals surface area (Å²) in [5.74, 6) is -0.395. The van der Waals surface area contributed by atoms with Crippen molar-refractivity contribution >= 4 is 5.97 Å². The van der Waals surface area contributed by atoms with E-state index in [1.807, 2.05) is 13.8 Å². The topological polar surface area (TPSA) is 40.5 Å². The van der Waals surface area contributed by atoms with Crippen LogP contribution in [0.15, 0.2) is 0 Å². The van der Waals surface area contributed by atoms with E-state index in [0.29, 0.717) is 0 Å². The number of likely N-dealkylation sites (tertiary alicyclic amines) is 1. The number of carboxylic acid groups (broad SMARTS) is 1. The number of aliphatic carboxylic acids is 1. The van der Waals surface area contributed by atoms with Crippen molar-refractivity contribution in [2.45, 2.75) is 33.6 Å². The zero-order valence-corrected chi connectivity index (χ0v) is 9.42. The van der Waals surface area contributed by atoms with E-state index in [1.54, 1.807) is 0 Å². The third-order valence-corrected chi connectivity index (χ3v) is 3.45. The van der Waals surface area contributed by atoms with Crippen LogP contribution in [0.3, 0.4) is 0 Å². The Kier molecular flexibility index (Phi) is 3.53. The molecular weight excluding hydrogens is 178 g/mol. The Morgan fingerprint density at radius 2 is 2.21 bits per heavy atom. The Hall–Kier alpha value is -0.570. The summed E-state index contributed by atoms with van der Waals surface area (Å²) in [6.45, 7) is 8.87. The first kappa shape index (κ1) is 11.5. The van der Waals surface area contributed by atoms with E-state index in [-0.39, 0.29) is 5.92 Å². The van der Waals surface area contributed by atoms with Gasteiger partial charge in [-0.3, -0.25) is 4.79 Å². The summed E-state index contributed by atoms with van der Waals surface area (Å²) in [6, 6.07) is 0. The monoisotopic (exact) mass is 199 g/mol. The molecule has 0 amide bonds. The fourth-order valence-corrected chi connectivity index (χ4v) is 2.31. The van der Waals surface area contributed by atoms with E-state index in [2.05, 4.69) is 11.8 Å². The summed E-state index contributed by atoms with van der Waals surface area (Å²) in [5.41, 5.74) is -0.491. The number of rotatable bonds is 4. The molecule has 1 unspecified atom stereocenters. The maximum absolute atomic E-state index is 11.3. The van der Waals surface area contributed by atoms with E-state index in [0.717, 1.165) is 32.5 Å². The first-order valence-corrected chi connectivity index (χ1v) is 5.48. The van der Waals surface area contributed by atoms with Gasteiger partial charge in [-0.15, -0.1) is 0 Å². The number of nitrogens with zero attached hydrogens (tertiary/aromatic N) is 1. The molecule has 1 atom stereocenters. The minimum absolute atomic E-state index is 0.224. The third kappa shape index (κ3) is 1.92. The highest BCUT2D eigenvalue weighted by atomic mass is 16.4. The lowest BCUT2D eigenvalue weighted by atomic mass is 9.76. The molecule has 1 rings (SSSR count). The van der Waals surface area contributed by atoms with Crippen molar-refractivity contribution in [3.05, 3.63) is 0 Å². The maximum atomic E-state index is 11.3. The van der Waals surface area contributed by atoms with Gasteiger partial charge in [0, 0.05) is 6.54 Å². The van der Waals surface area contributed by atoms with Crippen molar-refractivity contribution in [1.29, 1.82) is 0 Å². The zero-order valence-electron chi connectivity index (χ0n) is 9.42. The van der Waals surface area contributed by atoms with Gasteiger partial charge in [-0.25, -0.2) is 0 Å². The molecule has 1 fully saturated rings. The molecule has 1 N–H and O–H groups in total. The molecule has 0 aliphatic carbocycles. The van der Waals surface area contributed by atoms with E-state index < -0.39 is 11.4 Å². The first-order valence-electron chi connectivity index (χ1n) is 5.48. The molecule has 0 aromatic heterocycles. The largest absolute Gasteiger partial charge is 0.481 e. The molecule has 3 nitrogen and oxygen atoms in total. The van der Waals surface area contributed by atoms with Crippen molar-refractivity contribution < 1.29 is 9.90 Å². The molecule has 1 aliphatic heterocycles. The van der Waals surface area contributed by atoms with Crippen LogP contribution in [0.5, 0.6) is 0 Å². The minimum atomic E-state index is -0.619. The van der Waals surface area contributed by atoms with Gasteiger partial charge in [0.15, 0.2) is 0 Å². The predicted molar refractivity (Wildman–Crippen MR) is 56.3 cm³/mol. The Morgan fingerprint density at radius 1 is 1.57 bits per heavy atom. The summed E-state index contributed by atoms with van der Waals surface area (Å²) in [5, 5.41) is 9.29. The first-order chi connectivity index (χ1) is 6.53. The second-order valence-electron chi connectivity index (χ2n) is 4.64. The lowest BCUT2D eigenvalue weighted by Crippen LogP contribution is -2.39. The van der Waals surface area contributed by atoms with Crippen molar-refractivity contribution in [3.63, 3.8) is 0 Å². The fourth-order valence-electron chi connectivity index (χ4n) is 2.31. The van der Waals surface area contributed by atoms with Gasteiger partial charge in [0.2, 0.25) is 0 Å². The Morgan fingerprint density at radius 3 is 2.57 bits per heavy atom. The highest BCUT2D eigenvalue weighted by molar-refractivity contribution is 5.75. The Labute approximate surface area is 86.1 Å². The van der Waals surface area contributed by atoms with Crippen LogP contribution in [-0.4, -0.2) is 35.6 Å². The number of hydrogen-bond acceptors (Lipinski definition) is 2. The number of carbonyl (C=O) groups is 1. The molecule has 0 saturated carbocycles. The van der Waals surface area contributed by atoms with Gasteiger partial charge < -0.3 is 10.0 Å². The SMILES string of the molecule is CCCN1CCC(C(=O)O)(C(C)C)C1. The van der Waals surface area contributed by atoms with Crippen LogP contribution >= 0.6 is 0 Å². The van der Waals surface area contributed by atoms with Gasteiger partial charge >= 0.3 is 5.97 Å². The van der Waals surface area contributed by atoms with Gasteiger partial charge in [0.1, 0.15) is 0 Å². The van der Waals surface area contributed by atoms with Gasteiger partial charge in [-0.05, 0) is 31.8 Å². The zero-order chi connectivity index (χ0) is 10.8. The molecule has 0 bridgehead atoms. The fraction of sp³-hybridized carbons (Fsp3) is 0.909. The Balaban J connectivity index is 2.70. The van der Waals surface area contributed by atoms with Crippen LogP contribution in [-0.2, 0) is 4.79 Å². The molecule has 0 radical (unpaired) electrons. The van der Waals surface area contributed by atoms with Crippen molar-refractivity contribution in [2.75, 3.05) is 19.6 Å². The maximum Gasteiger partial charge on any atom is 0.311 e. The van der Waals surface area contributed by atoms with E-state index in [1.165, 1.54) is 0 Å². The van der Waals surface area contributed by atoms with Gasteiger partial charge in [-0.2, -0.15) is 0 Å². The van der Waals surface area contributed by atoms with Crippen LogP contribution < -0.4 is 0 Å². The van der Waals surface area contributed by atoms with Crippen LogP contribution in [0.25, 0.3) is 0 Å². The normalized spacial score (nSPS) is 28.6. The summed E-state index contributed by atoms with van der Waals surface area (Å²) in [6.07, 6.45) is 1.91. The molecule has 3 heteroatoms. The van der Waals surface area contributed by atoms with E-state index in [4.69, 9.17) is 0 Å². The van der Waals surface area contributed by atoms with E-state index in [9.17, 15) is 9.90 Å². The van der Waals surface area contributed by atoms with Gasteiger partial charge in [0.25, 0.3) is 0 Å². The average molecular weight is 199 g/mol. The highest BCUT2D eigenvalue weighted by Crippen LogP contribution is 2.37. The molecule has 0 spiro atoms. The second-order valence-corrected chi connectivity index (χ2v) is 4.64. The molecule has 0 aromatic rings. The van der Waals surface area contributed by atoms with Crippen molar-refractivity contribution in [2.24, 2.45) is 11.3 Å². The standard InChI is InChI=1S/C11H21NO2/c1-4-6-12-7-5-11(8-12,9(2)3)10(13)14/h9H,4-8H2,1-3H3,(H,13,14). The molecule has 14 heavy (non-hydrogen) atoms. The lowest BCUT2D eigenvalue weighted by Gasteiger charge is -2.28. The number of carboxylic acids is 1. The van der Waals surface area contributed by atoms with Crippen LogP contribution in [0.4, 0.5) is 0 Å². The van der Waals surface area contributed by atoms with Gasteiger partial charge in [-0.1, -0.05) is 20.8 Å². The highest BCUT2D eigenvalue weighted by Gasteiger charge is 2.46. The molecule has 82 valence electrons. The second kappa shape index (κ2) is 4.30. The minimum Gasteiger partial charge on any atom is -0.481 e. The smallest absolute Gasteiger partial charge is 0.311 e. The summed E-state index contributed by atoms with van der Waals surface area (Å²) < 4.78 is 0. The van der Waals surface area contributed by atoms with Crippen molar-refractivity contribution in [1.82, 2.24) is 4.90 Å². The molecular formula is C11H21NO2. The summed E-state index contributed by atoms with van der Waals surface area (Å²) in [4.78, 5) is 13.6. The summed E-state index contributed by atoms with van der Waals surface area (Å²) in [7, 11) is 0. The average Bonchev–Trinajstić information content (AvgIpc) is 2.50.